The van der Waals surface area contributed by atoms with E-state index in [0.717, 1.165) is 27.0 Å². The fraction of sp³-hybridized carbons (Fsp3) is 0.0833. The van der Waals surface area contributed by atoms with Gasteiger partial charge in [0, 0.05) is 4.47 Å². The van der Waals surface area contributed by atoms with Crippen molar-refractivity contribution in [3.05, 3.63) is 94.1 Å². The number of halogens is 1. The number of benzene rings is 3. The fourth-order valence-corrected chi connectivity index (χ4v) is 3.48. The summed E-state index contributed by atoms with van der Waals surface area (Å²) in [5.74, 6) is 1.73. The molecule has 0 saturated heterocycles. The molecule has 0 saturated carbocycles. The summed E-state index contributed by atoms with van der Waals surface area (Å²) in [6.45, 7) is 0. The van der Waals surface area contributed by atoms with Crippen LogP contribution >= 0.6 is 15.9 Å². The Kier molecular flexibility index (Phi) is 5.68. The Balaban J connectivity index is 1.82. The highest BCUT2D eigenvalue weighted by Gasteiger charge is 2.33. The van der Waals surface area contributed by atoms with Crippen molar-refractivity contribution < 1.29 is 14.3 Å². The molecule has 0 atom stereocenters. The lowest BCUT2D eigenvalue weighted by molar-refractivity contribution is -0.113. The van der Waals surface area contributed by atoms with E-state index in [0.29, 0.717) is 17.3 Å². The van der Waals surface area contributed by atoms with E-state index in [1.165, 1.54) is 0 Å². The lowest BCUT2D eigenvalue weighted by Crippen LogP contribution is -2.32. The average molecular weight is 463 g/mol. The van der Waals surface area contributed by atoms with Gasteiger partial charge in [-0.05, 0) is 60.2 Å². The van der Waals surface area contributed by atoms with Gasteiger partial charge in [-0.2, -0.15) is 0 Å². The van der Waals surface area contributed by atoms with E-state index in [1.54, 1.807) is 25.2 Å². The lowest BCUT2D eigenvalue weighted by atomic mass is 10.1. The number of carbonyl (C=O) groups is 1. The van der Waals surface area contributed by atoms with Crippen LogP contribution in [0, 0.1) is 0 Å². The molecule has 5 nitrogen and oxygen atoms in total. The van der Waals surface area contributed by atoms with Crippen molar-refractivity contribution in [3.63, 3.8) is 0 Å². The molecule has 0 spiro atoms. The Morgan fingerprint density at radius 2 is 1.60 bits per heavy atom. The predicted molar refractivity (Wildman–Crippen MR) is 122 cm³/mol. The second-order valence-corrected chi connectivity index (χ2v) is 7.47. The van der Waals surface area contributed by atoms with Crippen molar-refractivity contribution in [2.24, 2.45) is 4.99 Å². The Hall–Kier alpha value is -3.38. The van der Waals surface area contributed by atoms with Crippen molar-refractivity contribution in [1.82, 2.24) is 0 Å². The van der Waals surface area contributed by atoms with Crippen LogP contribution in [-0.2, 0) is 4.79 Å². The maximum absolute atomic E-state index is 13.4. The summed E-state index contributed by atoms with van der Waals surface area (Å²) >= 11 is 3.44. The molecule has 0 radical (unpaired) electrons. The number of aliphatic imine (C=N–C) groups is 1. The molecule has 30 heavy (non-hydrogen) atoms. The predicted octanol–water partition coefficient (Wildman–Crippen LogP) is 5.30. The number of hydrogen-bond donors (Lipinski definition) is 0. The smallest absolute Gasteiger partial charge is 0.282 e. The summed E-state index contributed by atoms with van der Waals surface area (Å²) in [4.78, 5) is 19.7. The summed E-state index contributed by atoms with van der Waals surface area (Å²) in [7, 11) is 3.22. The first-order valence-electron chi connectivity index (χ1n) is 9.28. The average Bonchev–Trinajstić information content (AvgIpc) is 3.10. The second kappa shape index (κ2) is 8.55. The van der Waals surface area contributed by atoms with Gasteiger partial charge in [-0.3, -0.25) is 9.69 Å². The van der Waals surface area contributed by atoms with Crippen molar-refractivity contribution in [2.75, 3.05) is 19.1 Å². The third kappa shape index (κ3) is 3.86. The first-order valence-corrected chi connectivity index (χ1v) is 10.1. The van der Waals surface area contributed by atoms with Crippen LogP contribution in [0.1, 0.15) is 11.1 Å². The van der Waals surface area contributed by atoms with E-state index in [9.17, 15) is 4.79 Å². The fourth-order valence-electron chi connectivity index (χ4n) is 3.21. The largest absolute Gasteiger partial charge is 0.497 e. The molecular formula is C24H19BrN2O3. The number of carbonyl (C=O) groups excluding carboxylic acids is 1. The van der Waals surface area contributed by atoms with Gasteiger partial charge in [0.15, 0.2) is 5.84 Å². The summed E-state index contributed by atoms with van der Waals surface area (Å²) in [6, 6.07) is 22.6. The molecule has 3 aromatic carbocycles. The Bertz CT molecular complexity index is 1140. The molecule has 0 aromatic heterocycles. The third-order valence-electron chi connectivity index (χ3n) is 4.71. The van der Waals surface area contributed by atoms with E-state index in [-0.39, 0.29) is 5.91 Å². The summed E-state index contributed by atoms with van der Waals surface area (Å²) in [6.07, 6.45) is 1.77. The van der Waals surface area contributed by atoms with Crippen LogP contribution in [0.5, 0.6) is 11.5 Å². The summed E-state index contributed by atoms with van der Waals surface area (Å²) in [5.41, 5.74) is 2.68. The van der Waals surface area contributed by atoms with Crippen LogP contribution < -0.4 is 14.4 Å². The van der Waals surface area contributed by atoms with Gasteiger partial charge in [0.05, 0.1) is 25.5 Å². The standard InChI is InChI=1S/C24H19BrN2O3/c1-29-19-13-7-16(8-14-19)15-21-24(28)27(18-11-9-17(25)10-12-18)23(26-21)20-5-3-4-6-22(20)30-2/h3-15H,1-2H3/b21-15+. The SMILES string of the molecule is COc1ccc(/C=C2/N=C(c3ccccc3OC)N(c3ccc(Br)cc3)C2=O)cc1. The molecule has 0 unspecified atom stereocenters. The van der Waals surface area contributed by atoms with E-state index < -0.39 is 0 Å². The van der Waals surface area contributed by atoms with Crippen LogP contribution in [0.3, 0.4) is 0 Å². The van der Waals surface area contributed by atoms with Gasteiger partial charge in [-0.15, -0.1) is 0 Å². The first-order chi connectivity index (χ1) is 14.6. The van der Waals surface area contributed by atoms with E-state index >= 15 is 0 Å². The summed E-state index contributed by atoms with van der Waals surface area (Å²) < 4.78 is 11.7. The highest BCUT2D eigenvalue weighted by Crippen LogP contribution is 2.32. The number of rotatable bonds is 5. The first kappa shape index (κ1) is 19.9. The zero-order valence-electron chi connectivity index (χ0n) is 16.5. The van der Waals surface area contributed by atoms with E-state index in [2.05, 4.69) is 15.9 Å². The molecular weight excluding hydrogens is 444 g/mol. The quantitative estimate of drug-likeness (QED) is 0.483. The van der Waals surface area contributed by atoms with Crippen LogP contribution in [0.15, 0.2) is 88.0 Å². The molecule has 1 heterocycles. The van der Waals surface area contributed by atoms with Gasteiger partial charge in [-0.1, -0.05) is 40.2 Å². The van der Waals surface area contributed by atoms with Gasteiger partial charge in [0.1, 0.15) is 17.2 Å². The number of para-hydroxylation sites is 1. The van der Waals surface area contributed by atoms with Crippen LogP contribution in [0.25, 0.3) is 6.08 Å². The van der Waals surface area contributed by atoms with Gasteiger partial charge in [0.2, 0.25) is 0 Å². The molecule has 4 rings (SSSR count). The van der Waals surface area contributed by atoms with Gasteiger partial charge in [-0.25, -0.2) is 4.99 Å². The van der Waals surface area contributed by atoms with Gasteiger partial charge in [0.25, 0.3) is 5.91 Å². The lowest BCUT2D eigenvalue weighted by Gasteiger charge is -2.20. The monoisotopic (exact) mass is 462 g/mol. The molecule has 150 valence electrons. The molecule has 0 N–H and O–H groups in total. The van der Waals surface area contributed by atoms with Gasteiger partial charge >= 0.3 is 0 Å². The maximum Gasteiger partial charge on any atom is 0.282 e. The molecule has 1 aliphatic rings. The Morgan fingerprint density at radius 3 is 2.27 bits per heavy atom. The van der Waals surface area contributed by atoms with Crippen molar-refractivity contribution in [1.29, 1.82) is 0 Å². The van der Waals surface area contributed by atoms with Crippen molar-refractivity contribution >= 4 is 39.4 Å². The minimum atomic E-state index is -0.200. The number of methoxy groups -OCH3 is 2. The molecule has 0 aliphatic carbocycles. The number of hydrogen-bond acceptors (Lipinski definition) is 4. The third-order valence-corrected chi connectivity index (χ3v) is 5.24. The van der Waals surface area contributed by atoms with E-state index in [4.69, 9.17) is 14.5 Å². The molecule has 1 aliphatic heterocycles. The summed E-state index contributed by atoms with van der Waals surface area (Å²) in [5, 5.41) is 0. The normalized spacial score (nSPS) is 14.8. The van der Waals surface area contributed by atoms with E-state index in [1.807, 2.05) is 72.8 Å². The Morgan fingerprint density at radius 1 is 0.900 bits per heavy atom. The number of amidine groups is 1. The maximum atomic E-state index is 13.4. The van der Waals surface area contributed by atoms with Crippen LogP contribution in [0.4, 0.5) is 5.69 Å². The number of nitrogens with zero attached hydrogens (tertiary/aromatic N) is 2. The molecule has 0 bridgehead atoms. The number of ether oxygens (including phenoxy) is 2. The zero-order chi connectivity index (χ0) is 21.1. The zero-order valence-corrected chi connectivity index (χ0v) is 18.1. The van der Waals surface area contributed by atoms with Crippen LogP contribution in [-0.4, -0.2) is 26.0 Å². The molecule has 1 amide bonds. The minimum absolute atomic E-state index is 0.200. The molecule has 6 heteroatoms. The highest BCUT2D eigenvalue weighted by molar-refractivity contribution is 9.10. The Labute approximate surface area is 183 Å². The highest BCUT2D eigenvalue weighted by atomic mass is 79.9. The number of amides is 1. The second-order valence-electron chi connectivity index (χ2n) is 6.56. The minimum Gasteiger partial charge on any atom is -0.497 e. The van der Waals surface area contributed by atoms with Crippen molar-refractivity contribution in [2.45, 2.75) is 0 Å². The van der Waals surface area contributed by atoms with Gasteiger partial charge < -0.3 is 9.47 Å². The number of anilines is 1. The van der Waals surface area contributed by atoms with Crippen molar-refractivity contribution in [3.8, 4) is 11.5 Å². The topological polar surface area (TPSA) is 51.1 Å². The molecule has 3 aromatic rings. The molecule has 0 fully saturated rings. The van der Waals surface area contributed by atoms with Crippen LogP contribution in [0.2, 0.25) is 0 Å².